The van der Waals surface area contributed by atoms with Crippen LogP contribution in [0.1, 0.15) is 86.0 Å². The van der Waals surface area contributed by atoms with E-state index in [-0.39, 0.29) is 42.5 Å². The molecule has 61 heavy (non-hydrogen) atoms. The maximum absolute atomic E-state index is 11.2. The first kappa shape index (κ1) is 46.2. The molecule has 0 amide bonds. The molecule has 348 valence electrons. The summed E-state index contributed by atoms with van der Waals surface area (Å²) in [5.74, 6) is 2.27. The number of ether oxygens (including phenoxy) is 7. The van der Waals surface area contributed by atoms with Crippen molar-refractivity contribution in [3.8, 4) is 0 Å². The van der Waals surface area contributed by atoms with E-state index in [4.69, 9.17) is 33.2 Å². The molecule has 0 spiro atoms. The van der Waals surface area contributed by atoms with Gasteiger partial charge in [-0.25, -0.2) is 0 Å². The minimum Gasteiger partial charge on any atom is -0.494 e. The van der Waals surface area contributed by atoms with Gasteiger partial charge in [-0.05, 0) is 87.0 Å². The highest BCUT2D eigenvalue weighted by Gasteiger charge is 2.65. The van der Waals surface area contributed by atoms with Gasteiger partial charge in [-0.3, -0.25) is 0 Å². The summed E-state index contributed by atoms with van der Waals surface area (Å²) in [5, 5.41) is 105. The maximum atomic E-state index is 11.2. The van der Waals surface area contributed by atoms with Crippen molar-refractivity contribution in [2.24, 2.45) is 40.4 Å². The molecule has 8 aliphatic rings. The molecule has 4 aliphatic heterocycles. The van der Waals surface area contributed by atoms with Crippen molar-refractivity contribution in [3.63, 3.8) is 0 Å². The van der Waals surface area contributed by atoms with Crippen LogP contribution in [0.4, 0.5) is 0 Å². The van der Waals surface area contributed by atoms with Crippen LogP contribution in [0.5, 0.6) is 0 Å². The van der Waals surface area contributed by atoms with Crippen LogP contribution >= 0.6 is 0 Å². The van der Waals surface area contributed by atoms with E-state index in [1.165, 1.54) is 12.5 Å². The molecule has 8 rings (SSSR count). The highest BCUT2D eigenvalue weighted by molar-refractivity contribution is 5.31. The first-order valence-corrected chi connectivity index (χ1v) is 22.5. The number of hydrogen-bond donors (Lipinski definition) is 10. The molecule has 17 heteroatoms. The van der Waals surface area contributed by atoms with Gasteiger partial charge in [0.1, 0.15) is 67.1 Å². The van der Waals surface area contributed by atoms with Gasteiger partial charge in [-0.1, -0.05) is 32.4 Å². The van der Waals surface area contributed by atoms with Gasteiger partial charge in [0.15, 0.2) is 18.9 Å². The Kier molecular flexibility index (Phi) is 13.5. The Bertz CT molecular complexity index is 1610. The molecule has 4 aliphatic carbocycles. The lowest BCUT2D eigenvalue weighted by Gasteiger charge is -2.60. The molecule has 4 heterocycles. The lowest BCUT2D eigenvalue weighted by Crippen LogP contribution is -2.63. The van der Waals surface area contributed by atoms with Crippen molar-refractivity contribution in [2.75, 3.05) is 19.8 Å². The molecule has 0 bridgehead atoms. The maximum Gasteiger partial charge on any atom is 0.187 e. The highest BCUT2D eigenvalue weighted by atomic mass is 16.8. The molecule has 0 aromatic carbocycles. The van der Waals surface area contributed by atoms with Gasteiger partial charge in [0.2, 0.25) is 0 Å². The fraction of sp³-hybridized carbons (Fsp3) is 0.909. The van der Waals surface area contributed by atoms with Gasteiger partial charge in [0.05, 0.1) is 43.9 Å². The van der Waals surface area contributed by atoms with Crippen molar-refractivity contribution >= 4 is 0 Å². The van der Waals surface area contributed by atoms with Crippen LogP contribution in [0, 0.1) is 40.4 Å². The zero-order valence-corrected chi connectivity index (χ0v) is 35.9. The number of fused-ring (bicyclic) bond motifs is 7. The Balaban J connectivity index is 0.939. The van der Waals surface area contributed by atoms with Gasteiger partial charge in [0, 0.05) is 24.2 Å². The van der Waals surface area contributed by atoms with Crippen LogP contribution in [0.2, 0.25) is 0 Å². The topological polar surface area (TPSA) is 267 Å². The monoisotopic (exact) mass is 870 g/mol. The largest absolute Gasteiger partial charge is 0.494 e. The van der Waals surface area contributed by atoms with Crippen molar-refractivity contribution < 1.29 is 84.2 Å². The van der Waals surface area contributed by atoms with Crippen molar-refractivity contribution in [2.45, 2.75) is 190 Å². The van der Waals surface area contributed by atoms with E-state index < -0.39 is 110 Å². The zero-order valence-electron chi connectivity index (χ0n) is 35.9. The van der Waals surface area contributed by atoms with Gasteiger partial charge < -0.3 is 84.2 Å². The first-order valence-electron chi connectivity index (χ1n) is 22.5. The van der Waals surface area contributed by atoms with Crippen LogP contribution in [0.3, 0.4) is 0 Å². The smallest absolute Gasteiger partial charge is 0.187 e. The number of rotatable bonds is 11. The molecule has 6 fully saturated rings. The van der Waals surface area contributed by atoms with Gasteiger partial charge >= 0.3 is 0 Å². The van der Waals surface area contributed by atoms with Crippen LogP contribution in [0.15, 0.2) is 23.0 Å². The number of aliphatic hydroxyl groups excluding tert-OH is 10. The summed E-state index contributed by atoms with van der Waals surface area (Å²) in [6.07, 6.45) is -11.6. The SMILES string of the molecule is CC1=C(CC[C@@H](C)CO[C@@H]2O[C@H](CO)[C@@H](O)[C@H](O)[C@H]2O)O[C@H]2C[C@H]3[C@@H]4CC=C5C[C@@H](O)C[C@@H](O[C@@H]6OC[C@H](O)[C@H](O)[C@H]6O[C@@H]6O[C@@H](C)[C@H](O)[C@@H](O)[C@H]6O)[C@]5(C)[C@H]4CC[C@]3(C)[C@@H]12. The Labute approximate surface area is 357 Å². The highest BCUT2D eigenvalue weighted by Crippen LogP contribution is 2.69. The van der Waals surface area contributed by atoms with E-state index in [0.29, 0.717) is 24.7 Å². The van der Waals surface area contributed by atoms with E-state index in [1.807, 2.05) is 6.92 Å². The Morgan fingerprint density at radius 3 is 2.30 bits per heavy atom. The Morgan fingerprint density at radius 1 is 0.836 bits per heavy atom. The summed E-state index contributed by atoms with van der Waals surface area (Å²) in [5.41, 5.74) is 1.95. The predicted octanol–water partition coefficient (Wildman–Crippen LogP) is -0.272. The van der Waals surface area contributed by atoms with E-state index in [0.717, 1.165) is 49.9 Å². The summed E-state index contributed by atoms with van der Waals surface area (Å²) < 4.78 is 42.7. The first-order chi connectivity index (χ1) is 28.9. The summed E-state index contributed by atoms with van der Waals surface area (Å²) in [4.78, 5) is 0. The average molecular weight is 871 g/mol. The molecular formula is C44H70O17. The van der Waals surface area contributed by atoms with Gasteiger partial charge in [-0.15, -0.1) is 0 Å². The minimum atomic E-state index is -1.64. The number of allylic oxidation sites excluding steroid dienone is 2. The van der Waals surface area contributed by atoms with E-state index in [2.05, 4.69) is 26.8 Å². The van der Waals surface area contributed by atoms with Crippen molar-refractivity contribution in [3.05, 3.63) is 23.0 Å². The second-order valence-electron chi connectivity index (χ2n) is 20.1. The predicted molar refractivity (Wildman–Crippen MR) is 212 cm³/mol. The molecule has 10 N–H and O–H groups in total. The van der Waals surface area contributed by atoms with E-state index in [1.54, 1.807) is 0 Å². The lowest BCUT2D eigenvalue weighted by atomic mass is 9.46. The molecule has 24 atom stereocenters. The average Bonchev–Trinajstić information content (AvgIpc) is 3.72. The number of hydrogen-bond acceptors (Lipinski definition) is 17. The van der Waals surface area contributed by atoms with Crippen LogP contribution < -0.4 is 0 Å². The normalized spacial score (nSPS) is 52.7. The molecule has 3 saturated carbocycles. The minimum absolute atomic E-state index is 0.00349. The standard InChI is InChI=1S/C44H70O17/c1-18(16-55-40-37(53)36(52)34(50)29(15-45)59-40)6-9-27-19(2)31-28(58-27)14-25-23-8-7-21-12-22(46)13-30(44(21,5)24(23)10-11-43(25,31)4)60-42-39(33(49)26(47)17-56-42)61-41-38(54)35(51)32(48)20(3)57-41/h7,18,20,22-26,28-42,45-54H,6,8-17H2,1-5H3/t18-,20+,22-,23-,24+,25+,26+,28+,29-,30-,31+,32+,33+,34-,35-,36+,37-,38-,39-,40-,41+,42+,43+,44+/m1/s1. The van der Waals surface area contributed by atoms with Gasteiger partial charge in [0.25, 0.3) is 0 Å². The van der Waals surface area contributed by atoms with Gasteiger partial charge in [-0.2, -0.15) is 0 Å². The lowest BCUT2D eigenvalue weighted by molar-refractivity contribution is -0.362. The third-order valence-corrected chi connectivity index (χ3v) is 16.4. The third-order valence-electron chi connectivity index (χ3n) is 16.4. The number of aliphatic hydroxyl groups is 10. The molecule has 3 saturated heterocycles. The third kappa shape index (κ3) is 8.07. The van der Waals surface area contributed by atoms with Crippen LogP contribution in [-0.4, -0.2) is 175 Å². The molecule has 17 nitrogen and oxygen atoms in total. The van der Waals surface area contributed by atoms with Crippen LogP contribution in [-0.2, 0) is 33.2 Å². The van der Waals surface area contributed by atoms with Crippen molar-refractivity contribution in [1.29, 1.82) is 0 Å². The van der Waals surface area contributed by atoms with E-state index >= 15 is 0 Å². The fourth-order valence-corrected chi connectivity index (χ4v) is 12.9. The zero-order chi connectivity index (χ0) is 43.9. The molecule has 0 radical (unpaired) electrons. The Morgan fingerprint density at radius 2 is 1.56 bits per heavy atom. The summed E-state index contributed by atoms with van der Waals surface area (Å²) >= 11 is 0. The molecular weight excluding hydrogens is 800 g/mol. The fourth-order valence-electron chi connectivity index (χ4n) is 12.9. The second-order valence-corrected chi connectivity index (χ2v) is 20.1. The van der Waals surface area contributed by atoms with Crippen molar-refractivity contribution in [1.82, 2.24) is 0 Å². The second kappa shape index (κ2) is 17.8. The van der Waals surface area contributed by atoms with Crippen LogP contribution in [0.25, 0.3) is 0 Å². The summed E-state index contributed by atoms with van der Waals surface area (Å²) in [7, 11) is 0. The Hall–Kier alpha value is -1.36. The summed E-state index contributed by atoms with van der Waals surface area (Å²) in [6.45, 7) is 9.92. The molecule has 0 unspecified atom stereocenters. The molecule has 0 aromatic heterocycles. The summed E-state index contributed by atoms with van der Waals surface area (Å²) in [6, 6.07) is 0. The van der Waals surface area contributed by atoms with E-state index in [9.17, 15) is 51.1 Å². The molecule has 0 aromatic rings. The quantitative estimate of drug-likeness (QED) is 0.120.